The van der Waals surface area contributed by atoms with Crippen molar-refractivity contribution in [2.24, 2.45) is 5.92 Å². The van der Waals surface area contributed by atoms with Gasteiger partial charge in [-0.2, -0.15) is 0 Å². The van der Waals surface area contributed by atoms with E-state index in [0.717, 1.165) is 18.8 Å². The van der Waals surface area contributed by atoms with Crippen LogP contribution >= 0.6 is 23.2 Å². The molecule has 3 nitrogen and oxygen atoms in total. The number of hydrogen-bond donors (Lipinski definition) is 1. The van der Waals surface area contributed by atoms with Crippen molar-refractivity contribution in [2.45, 2.75) is 45.1 Å². The molecule has 1 aromatic heterocycles. The molecule has 19 heavy (non-hydrogen) atoms. The van der Waals surface area contributed by atoms with Gasteiger partial charge in [0.1, 0.15) is 10.3 Å². The maximum atomic E-state index is 12.2. The van der Waals surface area contributed by atoms with E-state index in [4.69, 9.17) is 23.2 Å². The smallest absolute Gasteiger partial charge is 0.251 e. The summed E-state index contributed by atoms with van der Waals surface area (Å²) in [6.07, 6.45) is 5.67. The minimum Gasteiger partial charge on any atom is -0.349 e. The van der Waals surface area contributed by atoms with Crippen LogP contribution in [-0.2, 0) is 0 Å². The van der Waals surface area contributed by atoms with Crippen LogP contribution in [0, 0.1) is 5.92 Å². The van der Waals surface area contributed by atoms with Gasteiger partial charge in [-0.25, -0.2) is 4.98 Å². The summed E-state index contributed by atoms with van der Waals surface area (Å²) >= 11 is 11.6. The Morgan fingerprint density at radius 2 is 1.89 bits per heavy atom. The van der Waals surface area contributed by atoms with Gasteiger partial charge in [0, 0.05) is 11.6 Å². The normalized spacial score (nSPS) is 23.7. The van der Waals surface area contributed by atoms with Gasteiger partial charge in [0.05, 0.1) is 0 Å². The lowest BCUT2D eigenvalue weighted by atomic mass is 10.0. The number of nitrogens with one attached hydrogen (secondary N) is 1. The van der Waals surface area contributed by atoms with Crippen molar-refractivity contribution in [2.75, 3.05) is 0 Å². The van der Waals surface area contributed by atoms with Crippen molar-refractivity contribution in [1.82, 2.24) is 10.3 Å². The first-order chi connectivity index (χ1) is 9.04. The predicted octanol–water partition coefficient (Wildman–Crippen LogP) is 4.09. The van der Waals surface area contributed by atoms with Crippen LogP contribution in [0.4, 0.5) is 0 Å². The van der Waals surface area contributed by atoms with E-state index in [9.17, 15) is 4.79 Å². The fourth-order valence-corrected chi connectivity index (χ4v) is 2.96. The summed E-state index contributed by atoms with van der Waals surface area (Å²) in [4.78, 5) is 16.0. The molecule has 0 radical (unpaired) electrons. The van der Waals surface area contributed by atoms with E-state index in [1.807, 2.05) is 0 Å². The Morgan fingerprint density at radius 1 is 1.21 bits per heavy atom. The Morgan fingerprint density at radius 3 is 2.58 bits per heavy atom. The number of carbonyl (C=O) groups is 1. The highest BCUT2D eigenvalue weighted by Crippen LogP contribution is 2.23. The summed E-state index contributed by atoms with van der Waals surface area (Å²) in [6, 6.07) is 3.34. The number of rotatable bonds is 2. The number of halogens is 2. The van der Waals surface area contributed by atoms with Crippen molar-refractivity contribution >= 4 is 29.1 Å². The van der Waals surface area contributed by atoms with Gasteiger partial charge in [0.15, 0.2) is 0 Å². The van der Waals surface area contributed by atoms with Gasteiger partial charge in [-0.3, -0.25) is 4.79 Å². The highest BCUT2D eigenvalue weighted by atomic mass is 35.5. The molecule has 0 aromatic carbocycles. The fraction of sp³-hybridized carbons (Fsp3) is 0.571. The summed E-state index contributed by atoms with van der Waals surface area (Å²) in [5.41, 5.74) is 0.474. The van der Waals surface area contributed by atoms with E-state index in [-0.39, 0.29) is 22.3 Å². The average Bonchev–Trinajstić information content (AvgIpc) is 2.53. The van der Waals surface area contributed by atoms with Gasteiger partial charge in [-0.15, -0.1) is 0 Å². The van der Waals surface area contributed by atoms with Crippen LogP contribution in [0.1, 0.15) is 49.4 Å². The molecule has 0 bridgehead atoms. The molecule has 1 aromatic rings. The minimum absolute atomic E-state index is 0.120. The number of aromatic nitrogens is 1. The third kappa shape index (κ3) is 4.36. The van der Waals surface area contributed by atoms with E-state index in [0.29, 0.717) is 5.56 Å². The van der Waals surface area contributed by atoms with Crippen molar-refractivity contribution in [3.63, 3.8) is 0 Å². The molecule has 1 aliphatic rings. The molecule has 1 aliphatic carbocycles. The zero-order valence-corrected chi connectivity index (χ0v) is 12.5. The molecule has 1 fully saturated rings. The number of hydrogen-bond acceptors (Lipinski definition) is 2. The highest BCUT2D eigenvalue weighted by molar-refractivity contribution is 6.33. The summed E-state index contributed by atoms with van der Waals surface area (Å²) in [5, 5.41) is 3.55. The van der Waals surface area contributed by atoms with Crippen LogP contribution in [0.15, 0.2) is 12.1 Å². The molecule has 1 saturated carbocycles. The van der Waals surface area contributed by atoms with Gasteiger partial charge in [0.25, 0.3) is 5.91 Å². The molecular formula is C14H18Cl2N2O. The maximum Gasteiger partial charge on any atom is 0.251 e. The zero-order valence-electron chi connectivity index (χ0n) is 11.0. The van der Waals surface area contributed by atoms with E-state index < -0.39 is 0 Å². The molecule has 1 N–H and O–H groups in total. The van der Waals surface area contributed by atoms with Crippen molar-refractivity contribution in [1.29, 1.82) is 0 Å². The van der Waals surface area contributed by atoms with Gasteiger partial charge < -0.3 is 5.32 Å². The Kier molecular flexibility index (Phi) is 5.06. The van der Waals surface area contributed by atoms with Gasteiger partial charge in [-0.05, 0) is 37.3 Å². The second-order valence-electron chi connectivity index (χ2n) is 5.29. The number of carbonyl (C=O) groups excluding carboxylic acids is 1. The lowest BCUT2D eigenvalue weighted by Gasteiger charge is -2.16. The standard InChI is InChI=1S/C14H18Cl2N2O/c1-9-3-2-4-11(6-5-9)17-14(19)10-7-12(15)18-13(16)8-10/h7-9,11H,2-6H2,1H3,(H,17,19). The third-order valence-corrected chi connectivity index (χ3v) is 4.00. The quantitative estimate of drug-likeness (QED) is 0.660. The number of amides is 1. The van der Waals surface area contributed by atoms with Crippen LogP contribution in [0.5, 0.6) is 0 Å². The molecule has 0 spiro atoms. The summed E-state index contributed by atoms with van der Waals surface area (Å²) in [7, 11) is 0. The second kappa shape index (κ2) is 6.58. The maximum absolute atomic E-state index is 12.2. The van der Waals surface area contributed by atoms with Crippen LogP contribution < -0.4 is 5.32 Å². The first-order valence-electron chi connectivity index (χ1n) is 6.68. The first-order valence-corrected chi connectivity index (χ1v) is 7.44. The number of pyridine rings is 1. The van der Waals surface area contributed by atoms with Gasteiger partial charge in [-0.1, -0.05) is 43.0 Å². The van der Waals surface area contributed by atoms with Crippen LogP contribution in [-0.4, -0.2) is 16.9 Å². The van der Waals surface area contributed by atoms with E-state index in [1.54, 1.807) is 12.1 Å². The topological polar surface area (TPSA) is 42.0 Å². The molecule has 104 valence electrons. The fourth-order valence-electron chi connectivity index (χ4n) is 2.50. The van der Waals surface area contributed by atoms with Crippen LogP contribution in [0.3, 0.4) is 0 Å². The first kappa shape index (κ1) is 14.6. The molecule has 2 atom stereocenters. The molecule has 2 unspecified atom stereocenters. The van der Waals surface area contributed by atoms with E-state index in [2.05, 4.69) is 17.2 Å². The largest absolute Gasteiger partial charge is 0.349 e. The van der Waals surface area contributed by atoms with Gasteiger partial charge in [0.2, 0.25) is 0 Å². The SMILES string of the molecule is CC1CCCC(NC(=O)c2cc(Cl)nc(Cl)c2)CC1. The zero-order chi connectivity index (χ0) is 13.8. The predicted molar refractivity (Wildman–Crippen MR) is 77.8 cm³/mol. The lowest BCUT2D eigenvalue weighted by molar-refractivity contribution is 0.0933. The Balaban J connectivity index is 2.00. The van der Waals surface area contributed by atoms with Crippen molar-refractivity contribution < 1.29 is 4.79 Å². The molecule has 1 amide bonds. The van der Waals surface area contributed by atoms with Crippen molar-refractivity contribution in [3.8, 4) is 0 Å². The lowest BCUT2D eigenvalue weighted by Crippen LogP contribution is -2.34. The number of nitrogens with zero attached hydrogens (tertiary/aromatic N) is 1. The molecule has 5 heteroatoms. The Hall–Kier alpha value is -0.800. The van der Waals surface area contributed by atoms with Gasteiger partial charge >= 0.3 is 0 Å². The van der Waals surface area contributed by atoms with Crippen LogP contribution in [0.25, 0.3) is 0 Å². The summed E-state index contributed by atoms with van der Waals surface area (Å²) < 4.78 is 0. The molecule has 0 aliphatic heterocycles. The average molecular weight is 301 g/mol. The summed E-state index contributed by atoms with van der Waals surface area (Å²) in [6.45, 7) is 2.27. The third-order valence-electron chi connectivity index (χ3n) is 3.62. The van der Waals surface area contributed by atoms with Crippen LogP contribution in [0.2, 0.25) is 10.3 Å². The van der Waals surface area contributed by atoms with E-state index in [1.165, 1.54) is 19.3 Å². The molecule has 0 saturated heterocycles. The second-order valence-corrected chi connectivity index (χ2v) is 6.06. The highest BCUT2D eigenvalue weighted by Gasteiger charge is 2.19. The van der Waals surface area contributed by atoms with Crippen molar-refractivity contribution in [3.05, 3.63) is 28.0 Å². The summed E-state index contributed by atoms with van der Waals surface area (Å²) in [5.74, 6) is 0.637. The molecular weight excluding hydrogens is 283 g/mol. The Bertz CT molecular complexity index is 445. The Labute approximate surface area is 123 Å². The monoisotopic (exact) mass is 300 g/mol. The molecule has 1 heterocycles. The minimum atomic E-state index is -0.120. The van der Waals surface area contributed by atoms with E-state index >= 15 is 0 Å². The molecule has 2 rings (SSSR count).